The van der Waals surface area contributed by atoms with Crippen LogP contribution in [0.15, 0.2) is 62.7 Å². The van der Waals surface area contributed by atoms with Crippen LogP contribution >= 0.6 is 0 Å². The summed E-state index contributed by atoms with van der Waals surface area (Å²) in [6.07, 6.45) is 3.58. The highest BCUT2D eigenvalue weighted by atomic mass is 19.1. The second-order valence-corrected chi connectivity index (χ2v) is 10.9. The van der Waals surface area contributed by atoms with Crippen molar-refractivity contribution in [2.24, 2.45) is 21.1 Å². The summed E-state index contributed by atoms with van der Waals surface area (Å²) in [7, 11) is 0. The van der Waals surface area contributed by atoms with Crippen LogP contribution < -0.4 is 10.2 Å². The molecule has 0 spiro atoms. The second kappa shape index (κ2) is 11.9. The number of β-amino-alcohol motifs (C(OH)–C–C–N with tert-alkyl or cyclic N) is 1. The first-order chi connectivity index (χ1) is 19.7. The van der Waals surface area contributed by atoms with E-state index < -0.39 is 23.8 Å². The Morgan fingerprint density at radius 2 is 2.07 bits per heavy atom. The Balaban J connectivity index is 1.35. The summed E-state index contributed by atoms with van der Waals surface area (Å²) >= 11 is 0. The zero-order valence-corrected chi connectivity index (χ0v) is 23.4. The van der Waals surface area contributed by atoms with E-state index in [1.54, 1.807) is 12.4 Å². The highest BCUT2D eigenvalue weighted by molar-refractivity contribution is 5.96. The zero-order valence-electron chi connectivity index (χ0n) is 23.4. The Hall–Kier alpha value is -3.90. The molecule has 41 heavy (non-hydrogen) atoms. The number of amides is 1. The summed E-state index contributed by atoms with van der Waals surface area (Å²) in [6.45, 7) is 12.0. The van der Waals surface area contributed by atoms with Gasteiger partial charge in [0.15, 0.2) is 0 Å². The molecule has 3 heterocycles. The largest absolute Gasteiger partial charge is 0.391 e. The summed E-state index contributed by atoms with van der Waals surface area (Å²) < 4.78 is 30.2. The van der Waals surface area contributed by atoms with Gasteiger partial charge in [0.1, 0.15) is 23.5 Å². The predicted molar refractivity (Wildman–Crippen MR) is 155 cm³/mol. The van der Waals surface area contributed by atoms with Gasteiger partial charge < -0.3 is 25.1 Å². The molecule has 0 bridgehead atoms. The highest BCUT2D eigenvalue weighted by Crippen LogP contribution is 2.38. The second-order valence-electron chi connectivity index (χ2n) is 10.9. The number of piperazine rings is 1. The van der Waals surface area contributed by atoms with E-state index in [1.165, 1.54) is 29.2 Å². The molecule has 1 aromatic carbocycles. The van der Waals surface area contributed by atoms with Crippen molar-refractivity contribution in [1.82, 2.24) is 15.1 Å². The molecular weight excluding hydrogens is 532 g/mol. The first kappa shape index (κ1) is 28.6. The number of carbonyl (C=O) groups is 1. The van der Waals surface area contributed by atoms with Crippen molar-refractivity contribution in [3.05, 3.63) is 59.0 Å². The van der Waals surface area contributed by atoms with Crippen LogP contribution in [0.1, 0.15) is 32.8 Å². The molecule has 5 rings (SSSR count). The van der Waals surface area contributed by atoms with Crippen LogP contribution in [0, 0.1) is 11.7 Å². The number of benzene rings is 1. The fourth-order valence-electron chi connectivity index (χ4n) is 5.57. The highest BCUT2D eigenvalue weighted by Gasteiger charge is 2.34. The van der Waals surface area contributed by atoms with Crippen LogP contribution in [0.5, 0.6) is 0 Å². The smallest absolute Gasteiger partial charge is 0.229 e. The molecule has 0 saturated carbocycles. The number of oxime groups is 1. The van der Waals surface area contributed by atoms with E-state index in [1.807, 2.05) is 13.8 Å². The molecule has 0 aromatic heterocycles. The van der Waals surface area contributed by atoms with E-state index in [9.17, 15) is 9.90 Å². The first-order valence-corrected chi connectivity index (χ1v) is 13.7. The number of carbonyl (C=O) groups excluding carboxylic acids is 1. The number of rotatable bonds is 7. The predicted octanol–water partition coefficient (Wildman–Crippen LogP) is 3.04. The molecule has 2 fully saturated rings. The molecule has 3 atom stereocenters. The molecule has 1 aromatic rings. The Labute approximate surface area is 238 Å². The van der Waals surface area contributed by atoms with Gasteiger partial charge in [0.05, 0.1) is 37.8 Å². The standard InChI is InChI=1S/C29H35F2N7O3/c1-17(2)29(41-32-4)35-16-37-8-7-36(13-18(37)3)28-23-11-20(30)10-22(27(23)33-15-34-28)19-5-6-25(24(31)9-19)38-14-21(39)12-26(38)40/h5-6,9-11,15,17-18,21,27,39H,4,7-8,12-14,16H2,1-3H3,(H,33,34)/b35-29-. The van der Waals surface area contributed by atoms with E-state index in [2.05, 4.69) is 43.9 Å². The summed E-state index contributed by atoms with van der Waals surface area (Å²) in [6, 6.07) is 4.07. The Morgan fingerprint density at radius 1 is 1.27 bits per heavy atom. The number of nitrogens with zero attached hydrogens (tertiary/aromatic N) is 6. The lowest BCUT2D eigenvalue weighted by atomic mass is 9.87. The summed E-state index contributed by atoms with van der Waals surface area (Å²) in [5, 5.41) is 16.5. The third kappa shape index (κ3) is 5.94. The van der Waals surface area contributed by atoms with Gasteiger partial charge in [-0.1, -0.05) is 25.1 Å². The molecule has 0 radical (unpaired) electrons. The maximum atomic E-state index is 15.2. The molecule has 12 heteroatoms. The summed E-state index contributed by atoms with van der Waals surface area (Å²) in [5.74, 6) is -0.0333. The van der Waals surface area contributed by atoms with E-state index in [4.69, 9.17) is 4.84 Å². The molecule has 1 amide bonds. The van der Waals surface area contributed by atoms with Gasteiger partial charge in [0, 0.05) is 43.9 Å². The molecular formula is C29H35F2N7O3. The lowest BCUT2D eigenvalue weighted by Gasteiger charge is -2.43. The van der Waals surface area contributed by atoms with E-state index in [-0.39, 0.29) is 36.5 Å². The van der Waals surface area contributed by atoms with Crippen LogP contribution in [0.3, 0.4) is 0 Å². The number of anilines is 1. The number of halogens is 2. The lowest BCUT2D eigenvalue weighted by molar-refractivity contribution is -0.117. The molecule has 3 aliphatic heterocycles. The molecule has 3 unspecified atom stereocenters. The van der Waals surface area contributed by atoms with E-state index in [0.29, 0.717) is 42.4 Å². The fraction of sp³-hybridized carbons (Fsp3) is 0.448. The number of hydrogen-bond donors (Lipinski definition) is 2. The maximum Gasteiger partial charge on any atom is 0.229 e. The van der Waals surface area contributed by atoms with Gasteiger partial charge in [-0.2, -0.15) is 0 Å². The SMILES string of the molecule is C=NO/C(=N\CN1CCN(C2=C3C=C(F)C=C(c4ccc(N5CC(O)CC5=O)c(F)c4)C3N=CN2)CC1C)C(C)C. The molecule has 218 valence electrons. The molecule has 2 saturated heterocycles. The molecule has 10 nitrogen and oxygen atoms in total. The monoisotopic (exact) mass is 567 g/mol. The minimum Gasteiger partial charge on any atom is -0.391 e. The van der Waals surface area contributed by atoms with E-state index in [0.717, 1.165) is 12.4 Å². The van der Waals surface area contributed by atoms with Crippen LogP contribution in [0.4, 0.5) is 14.5 Å². The van der Waals surface area contributed by atoms with Gasteiger partial charge in [0.2, 0.25) is 11.8 Å². The number of aliphatic hydroxyl groups is 1. The van der Waals surface area contributed by atoms with Crippen LogP contribution in [-0.4, -0.2) is 90.8 Å². The van der Waals surface area contributed by atoms with Crippen molar-refractivity contribution >= 4 is 36.1 Å². The van der Waals surface area contributed by atoms with Gasteiger partial charge >= 0.3 is 0 Å². The van der Waals surface area contributed by atoms with E-state index >= 15 is 8.78 Å². The average Bonchev–Trinajstić information content (AvgIpc) is 3.27. The Kier molecular flexibility index (Phi) is 8.32. The minimum absolute atomic E-state index is 0.0383. The quantitative estimate of drug-likeness (QED) is 0.298. The van der Waals surface area contributed by atoms with Gasteiger partial charge in [-0.05, 0) is 42.3 Å². The molecule has 2 N–H and O–H groups in total. The third-order valence-corrected chi connectivity index (χ3v) is 7.69. The van der Waals surface area contributed by atoms with Crippen molar-refractivity contribution in [2.75, 3.05) is 37.7 Å². The number of hydrogen-bond acceptors (Lipinski definition) is 9. The number of nitrogens with one attached hydrogen (secondary N) is 1. The number of aliphatic hydroxyl groups excluding tert-OH is 1. The van der Waals surface area contributed by atoms with Crippen molar-refractivity contribution < 1.29 is 23.5 Å². The van der Waals surface area contributed by atoms with Crippen molar-refractivity contribution in [1.29, 1.82) is 0 Å². The lowest BCUT2D eigenvalue weighted by Crippen LogP contribution is -2.53. The first-order valence-electron chi connectivity index (χ1n) is 13.7. The van der Waals surface area contributed by atoms with Crippen molar-refractivity contribution in [2.45, 2.75) is 45.4 Å². The summed E-state index contributed by atoms with van der Waals surface area (Å²) in [4.78, 5) is 32.2. The summed E-state index contributed by atoms with van der Waals surface area (Å²) in [5.41, 5.74) is 1.75. The Morgan fingerprint density at radius 3 is 2.73 bits per heavy atom. The number of fused-ring (bicyclic) bond motifs is 1. The van der Waals surface area contributed by atoms with Crippen molar-refractivity contribution in [3.63, 3.8) is 0 Å². The molecule has 4 aliphatic rings. The van der Waals surface area contributed by atoms with Crippen molar-refractivity contribution in [3.8, 4) is 0 Å². The topological polar surface area (TPSA) is 105 Å². The van der Waals surface area contributed by atoms with Crippen LogP contribution in [-0.2, 0) is 9.63 Å². The normalized spacial score (nSPS) is 25.3. The van der Waals surface area contributed by atoms with Gasteiger partial charge in [0.25, 0.3) is 0 Å². The van der Waals surface area contributed by atoms with Gasteiger partial charge in [-0.15, -0.1) is 0 Å². The minimum atomic E-state index is -0.824. The number of aliphatic imine (C=N–C) groups is 2. The maximum absolute atomic E-state index is 15.2. The average molecular weight is 568 g/mol. The Bertz CT molecular complexity index is 1370. The third-order valence-electron chi connectivity index (χ3n) is 7.69. The van der Waals surface area contributed by atoms with Gasteiger partial charge in [-0.25, -0.2) is 13.8 Å². The van der Waals surface area contributed by atoms with Gasteiger partial charge in [-0.3, -0.25) is 14.7 Å². The van der Waals surface area contributed by atoms with Crippen LogP contribution in [0.2, 0.25) is 0 Å². The molecule has 1 aliphatic carbocycles. The number of allylic oxidation sites excluding steroid dienone is 2. The fourth-order valence-corrected chi connectivity index (χ4v) is 5.57. The zero-order chi connectivity index (χ0) is 29.3. The van der Waals surface area contributed by atoms with Crippen LogP contribution in [0.25, 0.3) is 5.57 Å².